The number of nitrogens with one attached hydrogen (secondary N) is 1. The zero-order chi connectivity index (χ0) is 13.4. The van der Waals surface area contributed by atoms with Gasteiger partial charge in [-0.3, -0.25) is 0 Å². The van der Waals surface area contributed by atoms with E-state index in [2.05, 4.69) is 32.0 Å². The Bertz CT molecular complexity index is 554. The SMILES string of the molecule is c1ccn2cc(CNCC3CCN(C4CC4)C3)nc2c1. The van der Waals surface area contributed by atoms with Crippen molar-refractivity contribution in [1.29, 1.82) is 0 Å². The molecule has 0 aromatic carbocycles. The molecule has 3 heterocycles. The lowest BCUT2D eigenvalue weighted by Crippen LogP contribution is -2.27. The molecule has 2 fully saturated rings. The zero-order valence-corrected chi connectivity index (χ0v) is 11.8. The van der Waals surface area contributed by atoms with Gasteiger partial charge in [-0.1, -0.05) is 6.07 Å². The minimum Gasteiger partial charge on any atom is -0.311 e. The molecule has 1 aliphatic carbocycles. The van der Waals surface area contributed by atoms with Crippen LogP contribution in [0.25, 0.3) is 5.65 Å². The second-order valence-corrected chi connectivity index (χ2v) is 6.21. The summed E-state index contributed by atoms with van der Waals surface area (Å²) in [6, 6.07) is 7.05. The Kier molecular flexibility index (Phi) is 3.20. The lowest BCUT2D eigenvalue weighted by Gasteiger charge is -2.14. The minimum absolute atomic E-state index is 0.827. The molecule has 1 saturated heterocycles. The summed E-state index contributed by atoms with van der Waals surface area (Å²) in [5.74, 6) is 0.827. The number of hydrogen-bond donors (Lipinski definition) is 1. The molecule has 1 saturated carbocycles. The van der Waals surface area contributed by atoms with Crippen molar-refractivity contribution in [3.8, 4) is 0 Å². The quantitative estimate of drug-likeness (QED) is 0.901. The first-order valence-electron chi connectivity index (χ1n) is 7.76. The van der Waals surface area contributed by atoms with E-state index in [0.29, 0.717) is 0 Å². The third-order valence-corrected chi connectivity index (χ3v) is 4.53. The van der Waals surface area contributed by atoms with Crippen LogP contribution in [0.3, 0.4) is 0 Å². The lowest BCUT2D eigenvalue weighted by molar-refractivity contribution is 0.311. The Morgan fingerprint density at radius 3 is 3.05 bits per heavy atom. The molecule has 20 heavy (non-hydrogen) atoms. The average Bonchev–Trinajstić information content (AvgIpc) is 3.06. The van der Waals surface area contributed by atoms with Gasteiger partial charge in [0.05, 0.1) is 5.69 Å². The molecule has 1 N–H and O–H groups in total. The molecule has 2 aliphatic rings. The van der Waals surface area contributed by atoms with Gasteiger partial charge in [0, 0.05) is 31.5 Å². The van der Waals surface area contributed by atoms with Gasteiger partial charge in [-0.15, -0.1) is 0 Å². The van der Waals surface area contributed by atoms with Crippen LogP contribution in [0, 0.1) is 5.92 Å². The molecule has 0 bridgehead atoms. The molecular formula is C16H22N4. The van der Waals surface area contributed by atoms with Crippen LogP contribution in [-0.2, 0) is 6.54 Å². The maximum absolute atomic E-state index is 4.62. The first-order chi connectivity index (χ1) is 9.88. The molecule has 1 unspecified atom stereocenters. The van der Waals surface area contributed by atoms with Gasteiger partial charge in [0.2, 0.25) is 0 Å². The van der Waals surface area contributed by atoms with E-state index in [-0.39, 0.29) is 0 Å². The standard InChI is InChI=1S/C16H22N4/c1-2-7-20-12-14(18-16(20)3-1)10-17-9-13-6-8-19(11-13)15-4-5-15/h1-3,7,12-13,15,17H,4-6,8-11H2. The van der Waals surface area contributed by atoms with E-state index >= 15 is 0 Å². The predicted molar refractivity (Wildman–Crippen MR) is 79.6 cm³/mol. The molecule has 0 amide bonds. The molecule has 1 aliphatic heterocycles. The van der Waals surface area contributed by atoms with Crippen LogP contribution >= 0.6 is 0 Å². The maximum Gasteiger partial charge on any atom is 0.137 e. The lowest BCUT2D eigenvalue weighted by atomic mass is 10.1. The Morgan fingerprint density at radius 1 is 1.25 bits per heavy atom. The molecule has 2 aromatic heterocycles. The van der Waals surface area contributed by atoms with E-state index in [1.54, 1.807) is 0 Å². The fourth-order valence-corrected chi connectivity index (χ4v) is 3.28. The van der Waals surface area contributed by atoms with Crippen molar-refractivity contribution >= 4 is 5.65 Å². The van der Waals surface area contributed by atoms with Crippen LogP contribution in [0.15, 0.2) is 30.6 Å². The highest BCUT2D eigenvalue weighted by molar-refractivity contribution is 5.39. The average molecular weight is 270 g/mol. The van der Waals surface area contributed by atoms with Gasteiger partial charge in [-0.2, -0.15) is 0 Å². The molecule has 4 heteroatoms. The third-order valence-electron chi connectivity index (χ3n) is 4.53. The first kappa shape index (κ1) is 12.4. The van der Waals surface area contributed by atoms with E-state index in [4.69, 9.17) is 0 Å². The van der Waals surface area contributed by atoms with Gasteiger partial charge in [-0.05, 0) is 50.4 Å². The summed E-state index contributed by atoms with van der Waals surface area (Å²) in [5.41, 5.74) is 2.17. The van der Waals surface area contributed by atoms with E-state index < -0.39 is 0 Å². The van der Waals surface area contributed by atoms with Crippen LogP contribution in [0.5, 0.6) is 0 Å². The second kappa shape index (κ2) is 5.19. The molecule has 4 rings (SSSR count). The van der Waals surface area contributed by atoms with E-state index in [1.165, 1.54) is 32.4 Å². The largest absolute Gasteiger partial charge is 0.311 e. The minimum atomic E-state index is 0.827. The van der Waals surface area contributed by atoms with E-state index in [1.807, 2.05) is 18.2 Å². The van der Waals surface area contributed by atoms with Gasteiger partial charge < -0.3 is 14.6 Å². The number of likely N-dealkylation sites (tertiary alicyclic amines) is 1. The molecule has 1 atom stereocenters. The van der Waals surface area contributed by atoms with Crippen molar-refractivity contribution in [2.75, 3.05) is 19.6 Å². The maximum atomic E-state index is 4.62. The van der Waals surface area contributed by atoms with Crippen LogP contribution < -0.4 is 5.32 Å². The highest BCUT2D eigenvalue weighted by Gasteiger charge is 2.33. The number of fused-ring (bicyclic) bond motifs is 1. The van der Waals surface area contributed by atoms with Crippen molar-refractivity contribution < 1.29 is 0 Å². The van der Waals surface area contributed by atoms with E-state index in [0.717, 1.165) is 36.4 Å². The smallest absolute Gasteiger partial charge is 0.137 e. The molecule has 2 aromatic rings. The molecule has 4 nitrogen and oxygen atoms in total. The summed E-state index contributed by atoms with van der Waals surface area (Å²) in [7, 11) is 0. The normalized spacial score (nSPS) is 23.7. The molecule has 106 valence electrons. The number of nitrogens with zero attached hydrogens (tertiary/aromatic N) is 3. The van der Waals surface area contributed by atoms with Gasteiger partial charge >= 0.3 is 0 Å². The number of hydrogen-bond acceptors (Lipinski definition) is 3. The second-order valence-electron chi connectivity index (χ2n) is 6.21. The van der Waals surface area contributed by atoms with Crippen molar-refractivity contribution in [3.63, 3.8) is 0 Å². The summed E-state index contributed by atoms with van der Waals surface area (Å²) in [6.07, 6.45) is 8.39. The summed E-state index contributed by atoms with van der Waals surface area (Å²) in [5, 5.41) is 3.58. The van der Waals surface area contributed by atoms with Crippen LogP contribution in [0.2, 0.25) is 0 Å². The number of rotatable bonds is 5. The van der Waals surface area contributed by atoms with Crippen molar-refractivity contribution in [2.24, 2.45) is 5.92 Å². The summed E-state index contributed by atoms with van der Waals surface area (Å²) in [4.78, 5) is 7.30. The Morgan fingerprint density at radius 2 is 2.20 bits per heavy atom. The monoisotopic (exact) mass is 270 g/mol. The van der Waals surface area contributed by atoms with Crippen molar-refractivity contribution in [1.82, 2.24) is 19.6 Å². The first-order valence-corrected chi connectivity index (χ1v) is 7.76. The van der Waals surface area contributed by atoms with Gasteiger partial charge in [0.25, 0.3) is 0 Å². The summed E-state index contributed by atoms with van der Waals surface area (Å²) in [6.45, 7) is 4.60. The predicted octanol–water partition coefficient (Wildman–Crippen LogP) is 1.91. The molecule has 0 spiro atoms. The number of pyridine rings is 1. The van der Waals surface area contributed by atoms with Gasteiger partial charge in [0.1, 0.15) is 5.65 Å². The molecular weight excluding hydrogens is 248 g/mol. The fraction of sp³-hybridized carbons (Fsp3) is 0.562. The van der Waals surface area contributed by atoms with Crippen molar-refractivity contribution in [2.45, 2.75) is 31.8 Å². The Labute approximate surface area is 119 Å². The van der Waals surface area contributed by atoms with Gasteiger partial charge in [0.15, 0.2) is 0 Å². The topological polar surface area (TPSA) is 32.6 Å². The van der Waals surface area contributed by atoms with Gasteiger partial charge in [-0.25, -0.2) is 4.98 Å². The molecule has 0 radical (unpaired) electrons. The fourth-order valence-electron chi connectivity index (χ4n) is 3.28. The highest BCUT2D eigenvalue weighted by Crippen LogP contribution is 2.31. The van der Waals surface area contributed by atoms with Crippen LogP contribution in [0.4, 0.5) is 0 Å². The number of aromatic nitrogens is 2. The highest BCUT2D eigenvalue weighted by atomic mass is 15.2. The summed E-state index contributed by atoms with van der Waals surface area (Å²) >= 11 is 0. The van der Waals surface area contributed by atoms with Crippen LogP contribution in [0.1, 0.15) is 25.0 Å². The number of imidazole rings is 1. The summed E-state index contributed by atoms with van der Waals surface area (Å²) < 4.78 is 2.08. The Balaban J connectivity index is 1.28. The van der Waals surface area contributed by atoms with Crippen molar-refractivity contribution in [3.05, 3.63) is 36.3 Å². The third kappa shape index (κ3) is 2.58. The van der Waals surface area contributed by atoms with Crippen LogP contribution in [-0.4, -0.2) is 40.0 Å². The Hall–Kier alpha value is -1.39. The zero-order valence-electron chi connectivity index (χ0n) is 11.8. The van der Waals surface area contributed by atoms with E-state index in [9.17, 15) is 0 Å².